The Bertz CT molecular complexity index is 1120. The predicted octanol–water partition coefficient (Wildman–Crippen LogP) is 4.09. The Morgan fingerprint density at radius 3 is 2.44 bits per heavy atom. The lowest BCUT2D eigenvalue weighted by molar-refractivity contribution is 0.0938. The van der Waals surface area contributed by atoms with Crippen molar-refractivity contribution in [2.24, 2.45) is 7.05 Å². The first kappa shape index (κ1) is 18.8. The Hall–Kier alpha value is -2.95. The lowest BCUT2D eigenvalue weighted by Crippen LogP contribution is -2.32. The van der Waals surface area contributed by atoms with Gasteiger partial charge in [0.05, 0.1) is 11.6 Å². The van der Waals surface area contributed by atoms with Gasteiger partial charge in [-0.15, -0.1) is 0 Å². The summed E-state index contributed by atoms with van der Waals surface area (Å²) in [6.07, 6.45) is 1.50. The second kappa shape index (κ2) is 6.99. The van der Waals surface area contributed by atoms with Gasteiger partial charge in [-0.2, -0.15) is 0 Å². The van der Waals surface area contributed by atoms with Crippen molar-refractivity contribution >= 4 is 16.8 Å². The van der Waals surface area contributed by atoms with Crippen LogP contribution < -0.4 is 10.7 Å². The van der Waals surface area contributed by atoms with Gasteiger partial charge in [-0.1, -0.05) is 12.1 Å². The maximum Gasteiger partial charge on any atom is 0.257 e. The number of benzene rings is 2. The molecule has 0 fully saturated rings. The molecule has 2 aromatic carbocycles. The minimum atomic E-state index is -0.503. The number of nitrogens with one attached hydrogen (secondary N) is 1. The minimum Gasteiger partial charge on any atom is -0.350 e. The van der Waals surface area contributed by atoms with Crippen molar-refractivity contribution in [3.05, 3.63) is 80.4 Å². The summed E-state index contributed by atoms with van der Waals surface area (Å²) in [6, 6.07) is 7.89. The van der Waals surface area contributed by atoms with E-state index in [2.05, 4.69) is 17.4 Å². The molecule has 27 heavy (non-hydrogen) atoms. The van der Waals surface area contributed by atoms with Crippen molar-refractivity contribution in [3.8, 4) is 0 Å². The number of halogens is 1. The van der Waals surface area contributed by atoms with Gasteiger partial charge in [-0.3, -0.25) is 9.59 Å². The molecule has 0 spiro atoms. The highest BCUT2D eigenvalue weighted by Gasteiger charge is 2.18. The molecule has 0 unspecified atom stereocenters. The molecule has 0 aliphatic rings. The lowest BCUT2D eigenvalue weighted by atomic mass is 9.96. The van der Waals surface area contributed by atoms with Crippen molar-refractivity contribution in [3.63, 3.8) is 0 Å². The zero-order chi connectivity index (χ0) is 19.9. The molecule has 0 aliphatic carbocycles. The first-order valence-corrected chi connectivity index (χ1v) is 8.86. The fourth-order valence-electron chi connectivity index (χ4n) is 3.43. The molecule has 0 aliphatic heterocycles. The standard InChI is InChI=1S/C22H23FN2O2/c1-12-8-14(3)17(9-13(12)2)15(4)24-22(27)19-11-25(5)20-7-6-16(23)10-18(20)21(19)26/h6-11,15H,1-5H3,(H,24,27)/t15-/m0/s1. The van der Waals surface area contributed by atoms with E-state index in [-0.39, 0.29) is 17.0 Å². The highest BCUT2D eigenvalue weighted by molar-refractivity contribution is 5.97. The molecule has 0 radical (unpaired) electrons. The molecule has 1 amide bonds. The molecule has 5 heteroatoms. The largest absolute Gasteiger partial charge is 0.350 e. The van der Waals surface area contributed by atoms with E-state index in [1.54, 1.807) is 11.6 Å². The highest BCUT2D eigenvalue weighted by Crippen LogP contribution is 2.22. The number of rotatable bonds is 3. The number of hydrogen-bond donors (Lipinski definition) is 1. The van der Waals surface area contributed by atoms with Gasteiger partial charge >= 0.3 is 0 Å². The summed E-state index contributed by atoms with van der Waals surface area (Å²) in [5.41, 5.74) is 4.55. The summed E-state index contributed by atoms with van der Waals surface area (Å²) in [6.45, 7) is 7.97. The number of carbonyl (C=O) groups excluding carboxylic acids is 1. The van der Waals surface area contributed by atoms with E-state index in [1.165, 1.54) is 30.0 Å². The Labute approximate surface area is 157 Å². The van der Waals surface area contributed by atoms with Crippen molar-refractivity contribution in [1.82, 2.24) is 9.88 Å². The van der Waals surface area contributed by atoms with Gasteiger partial charge in [0.25, 0.3) is 5.91 Å². The van der Waals surface area contributed by atoms with Crippen molar-refractivity contribution in [2.75, 3.05) is 0 Å². The zero-order valence-electron chi connectivity index (χ0n) is 16.2. The molecule has 1 heterocycles. The molecular formula is C22H23FN2O2. The van der Waals surface area contributed by atoms with Crippen LogP contribution in [0, 0.1) is 26.6 Å². The summed E-state index contributed by atoms with van der Waals surface area (Å²) < 4.78 is 15.2. The first-order valence-electron chi connectivity index (χ1n) is 8.86. The second-order valence-electron chi connectivity index (χ2n) is 7.13. The van der Waals surface area contributed by atoms with Crippen LogP contribution in [0.3, 0.4) is 0 Å². The molecule has 1 aromatic heterocycles. The third kappa shape index (κ3) is 3.50. The predicted molar refractivity (Wildman–Crippen MR) is 106 cm³/mol. The van der Waals surface area contributed by atoms with Crippen LogP contribution in [0.4, 0.5) is 4.39 Å². The molecule has 0 bridgehead atoms. The van der Waals surface area contributed by atoms with Crippen LogP contribution in [-0.2, 0) is 7.05 Å². The fourth-order valence-corrected chi connectivity index (χ4v) is 3.43. The van der Waals surface area contributed by atoms with E-state index >= 15 is 0 Å². The number of aromatic nitrogens is 1. The van der Waals surface area contributed by atoms with Crippen LogP contribution in [0.2, 0.25) is 0 Å². The van der Waals surface area contributed by atoms with E-state index in [9.17, 15) is 14.0 Å². The number of aryl methyl sites for hydroxylation is 4. The average Bonchev–Trinajstić information content (AvgIpc) is 2.60. The minimum absolute atomic E-state index is 0.00365. The van der Waals surface area contributed by atoms with Gasteiger partial charge in [0.1, 0.15) is 11.4 Å². The summed E-state index contributed by atoms with van der Waals surface area (Å²) in [5, 5.41) is 3.10. The monoisotopic (exact) mass is 366 g/mol. The van der Waals surface area contributed by atoms with Crippen LogP contribution in [0.15, 0.2) is 41.3 Å². The van der Waals surface area contributed by atoms with Crippen LogP contribution in [-0.4, -0.2) is 10.5 Å². The number of nitrogens with zero attached hydrogens (tertiary/aromatic N) is 1. The van der Waals surface area contributed by atoms with Crippen molar-refractivity contribution in [2.45, 2.75) is 33.7 Å². The van der Waals surface area contributed by atoms with Gasteiger partial charge in [-0.25, -0.2) is 4.39 Å². The van der Waals surface area contributed by atoms with Crippen LogP contribution in [0.1, 0.15) is 45.6 Å². The lowest BCUT2D eigenvalue weighted by Gasteiger charge is -2.19. The maximum atomic E-state index is 13.6. The number of fused-ring (bicyclic) bond motifs is 1. The Morgan fingerprint density at radius 2 is 1.74 bits per heavy atom. The Balaban J connectivity index is 1.98. The first-order chi connectivity index (χ1) is 12.7. The van der Waals surface area contributed by atoms with E-state index in [4.69, 9.17) is 0 Å². The van der Waals surface area contributed by atoms with Crippen LogP contribution in [0.5, 0.6) is 0 Å². The second-order valence-corrected chi connectivity index (χ2v) is 7.13. The van der Waals surface area contributed by atoms with Crippen LogP contribution in [0.25, 0.3) is 10.9 Å². The SMILES string of the molecule is Cc1cc(C)c([C@H](C)NC(=O)c2cn(C)c3ccc(F)cc3c2=O)cc1C. The average molecular weight is 366 g/mol. The molecule has 1 N–H and O–H groups in total. The smallest absolute Gasteiger partial charge is 0.257 e. The summed E-state index contributed by atoms with van der Waals surface area (Å²) in [7, 11) is 1.73. The van der Waals surface area contributed by atoms with Crippen molar-refractivity contribution in [1.29, 1.82) is 0 Å². The molecule has 3 aromatic rings. The van der Waals surface area contributed by atoms with Crippen LogP contribution >= 0.6 is 0 Å². The quantitative estimate of drug-likeness (QED) is 0.759. The topological polar surface area (TPSA) is 51.1 Å². The maximum absolute atomic E-state index is 13.6. The van der Waals surface area contributed by atoms with Gasteiger partial charge in [-0.05, 0) is 68.1 Å². The van der Waals surface area contributed by atoms with Crippen molar-refractivity contribution < 1.29 is 9.18 Å². The van der Waals surface area contributed by atoms with Gasteiger partial charge in [0.2, 0.25) is 5.43 Å². The number of amides is 1. The van der Waals surface area contributed by atoms with Gasteiger partial charge < -0.3 is 9.88 Å². The van der Waals surface area contributed by atoms with E-state index in [1.807, 2.05) is 27.7 Å². The Morgan fingerprint density at radius 1 is 1.07 bits per heavy atom. The summed E-state index contributed by atoms with van der Waals surface area (Å²) in [5.74, 6) is -0.969. The molecular weight excluding hydrogens is 343 g/mol. The summed E-state index contributed by atoms with van der Waals surface area (Å²) in [4.78, 5) is 25.5. The molecule has 1 atom stereocenters. The third-order valence-electron chi connectivity index (χ3n) is 5.09. The number of hydrogen-bond acceptors (Lipinski definition) is 2. The highest BCUT2D eigenvalue weighted by atomic mass is 19.1. The molecule has 140 valence electrons. The van der Waals surface area contributed by atoms with Gasteiger partial charge in [0, 0.05) is 18.6 Å². The molecule has 0 saturated carbocycles. The van der Waals surface area contributed by atoms with E-state index in [0.29, 0.717) is 5.52 Å². The third-order valence-corrected chi connectivity index (χ3v) is 5.09. The fraction of sp³-hybridized carbons (Fsp3) is 0.273. The zero-order valence-corrected chi connectivity index (χ0v) is 16.2. The number of carbonyl (C=O) groups is 1. The number of pyridine rings is 1. The molecule has 0 saturated heterocycles. The van der Waals surface area contributed by atoms with Gasteiger partial charge in [0.15, 0.2) is 0 Å². The van der Waals surface area contributed by atoms with E-state index in [0.717, 1.165) is 16.7 Å². The van der Waals surface area contributed by atoms with E-state index < -0.39 is 17.2 Å². The molecule has 4 nitrogen and oxygen atoms in total. The Kier molecular flexibility index (Phi) is 4.87. The summed E-state index contributed by atoms with van der Waals surface area (Å²) >= 11 is 0. The normalized spacial score (nSPS) is 12.2. The molecule has 3 rings (SSSR count).